The van der Waals surface area contributed by atoms with E-state index in [0.29, 0.717) is 50.9 Å². The van der Waals surface area contributed by atoms with Gasteiger partial charge in [0.2, 0.25) is 0 Å². The lowest BCUT2D eigenvalue weighted by Gasteiger charge is -2.24. The highest BCUT2D eigenvalue weighted by Gasteiger charge is 2.28. The van der Waals surface area contributed by atoms with Crippen molar-refractivity contribution in [1.29, 1.82) is 0 Å². The Labute approximate surface area is 158 Å². The molecule has 2 aromatic rings. The number of hydrogen-bond donors (Lipinski definition) is 0. The van der Waals surface area contributed by atoms with Gasteiger partial charge in [0.15, 0.2) is 23.0 Å². The Morgan fingerprint density at radius 2 is 1.35 bits per heavy atom. The van der Waals surface area contributed by atoms with Gasteiger partial charge in [-0.2, -0.15) is 0 Å². The van der Waals surface area contributed by atoms with Crippen molar-refractivity contribution in [3.05, 3.63) is 40.1 Å². The average Bonchev–Trinajstić information content (AvgIpc) is 2.41. The first kappa shape index (κ1) is 15.4. The summed E-state index contributed by atoms with van der Waals surface area (Å²) in [5, 5.41) is 1.03. The third kappa shape index (κ3) is 2.42. The minimum atomic E-state index is 0.502. The van der Waals surface area contributed by atoms with Crippen molar-refractivity contribution in [2.24, 2.45) is 0 Å². The van der Waals surface area contributed by atoms with Crippen LogP contribution in [0.1, 0.15) is 0 Å². The monoisotopic (exact) mass is 564 g/mol. The fourth-order valence-corrected chi connectivity index (χ4v) is 3.97. The van der Waals surface area contributed by atoms with Gasteiger partial charge in [0, 0.05) is 6.07 Å². The molecule has 104 valence electrons. The summed E-state index contributed by atoms with van der Waals surface area (Å²) in [5.41, 5.74) is 0. The van der Waals surface area contributed by atoms with E-state index in [2.05, 4.69) is 63.7 Å². The van der Waals surface area contributed by atoms with Crippen LogP contribution < -0.4 is 9.47 Å². The van der Waals surface area contributed by atoms with Gasteiger partial charge < -0.3 is 9.47 Å². The van der Waals surface area contributed by atoms with Crippen LogP contribution in [0, 0.1) is 0 Å². The largest absolute Gasteiger partial charge is 0.448 e. The molecule has 0 atom stereocenters. The van der Waals surface area contributed by atoms with Gasteiger partial charge in [0.05, 0.1) is 27.9 Å². The third-order valence-corrected chi connectivity index (χ3v) is 7.13. The predicted octanol–water partition coefficient (Wildman–Crippen LogP) is 7.94. The molecule has 0 aromatic heterocycles. The molecular weight excluding hydrogens is 567 g/mol. The first-order chi connectivity index (χ1) is 9.40. The van der Waals surface area contributed by atoms with E-state index in [1.165, 1.54) is 0 Å². The quantitative estimate of drug-likeness (QED) is 0.203. The fraction of sp³-hybridized carbons (Fsp3) is 0. The summed E-state index contributed by atoms with van der Waals surface area (Å²) in [6, 6.07) is 3.41. The van der Waals surface area contributed by atoms with E-state index < -0.39 is 0 Å². The van der Waals surface area contributed by atoms with Crippen LogP contribution in [0.3, 0.4) is 0 Å². The standard InChI is InChI=1S/C12H2Br4Cl2O2/c13-3-1-4(17)8(15)12-10(3)20-11-6(19-12)2-5(18)7(14)9(11)16/h1-2H. The number of hydrogen-bond acceptors (Lipinski definition) is 2. The van der Waals surface area contributed by atoms with E-state index in [1.54, 1.807) is 12.1 Å². The van der Waals surface area contributed by atoms with Crippen LogP contribution in [-0.2, 0) is 0 Å². The molecule has 0 bridgehead atoms. The number of fused-ring (bicyclic) bond motifs is 2. The van der Waals surface area contributed by atoms with E-state index in [4.69, 9.17) is 32.7 Å². The summed E-state index contributed by atoms with van der Waals surface area (Å²) in [7, 11) is 0. The lowest BCUT2D eigenvalue weighted by molar-refractivity contribution is 0.354. The Bertz CT molecular complexity index is 749. The molecule has 1 aliphatic heterocycles. The maximum absolute atomic E-state index is 6.12. The second kappa shape index (κ2) is 5.63. The zero-order chi connectivity index (χ0) is 14.6. The van der Waals surface area contributed by atoms with Crippen molar-refractivity contribution in [2.45, 2.75) is 0 Å². The van der Waals surface area contributed by atoms with E-state index in [9.17, 15) is 0 Å². The smallest absolute Gasteiger partial charge is 0.187 e. The molecule has 2 aromatic carbocycles. The number of ether oxygens (including phenoxy) is 2. The number of rotatable bonds is 0. The van der Waals surface area contributed by atoms with Gasteiger partial charge in [0.25, 0.3) is 0 Å². The van der Waals surface area contributed by atoms with E-state index in [0.717, 1.165) is 0 Å². The molecule has 3 rings (SSSR count). The molecule has 0 saturated heterocycles. The Morgan fingerprint density at radius 1 is 0.700 bits per heavy atom. The molecule has 8 heteroatoms. The van der Waals surface area contributed by atoms with Crippen LogP contribution in [0.4, 0.5) is 0 Å². The highest BCUT2D eigenvalue weighted by atomic mass is 79.9. The Kier molecular flexibility index (Phi) is 4.35. The van der Waals surface area contributed by atoms with E-state index >= 15 is 0 Å². The summed E-state index contributed by atoms with van der Waals surface area (Å²) >= 11 is 25.9. The summed E-state index contributed by atoms with van der Waals surface area (Å²) in [4.78, 5) is 0. The molecule has 0 amide bonds. The van der Waals surface area contributed by atoms with Crippen LogP contribution in [0.2, 0.25) is 10.0 Å². The van der Waals surface area contributed by atoms with Gasteiger partial charge in [-0.3, -0.25) is 0 Å². The van der Waals surface area contributed by atoms with Crippen molar-refractivity contribution in [3.8, 4) is 23.0 Å². The van der Waals surface area contributed by atoms with E-state index in [-0.39, 0.29) is 0 Å². The third-order valence-electron chi connectivity index (χ3n) is 2.59. The summed E-state index contributed by atoms with van der Waals surface area (Å²) in [6.07, 6.45) is 0. The summed E-state index contributed by atoms with van der Waals surface area (Å²) in [5.74, 6) is 2.10. The highest BCUT2D eigenvalue weighted by Crippen LogP contribution is 2.57. The second-order valence-electron chi connectivity index (χ2n) is 3.83. The topological polar surface area (TPSA) is 18.5 Å². The van der Waals surface area contributed by atoms with Crippen LogP contribution in [-0.4, -0.2) is 0 Å². The molecule has 1 aliphatic rings. The van der Waals surface area contributed by atoms with Gasteiger partial charge in [-0.1, -0.05) is 23.2 Å². The number of halogens is 6. The molecule has 0 fully saturated rings. The SMILES string of the molecule is Clc1cc2c(c(Br)c1Br)Oc1c(Br)cc(Cl)c(Br)c1O2. The van der Waals surface area contributed by atoms with Crippen LogP contribution in [0.25, 0.3) is 0 Å². The molecule has 0 saturated carbocycles. The molecule has 2 nitrogen and oxygen atoms in total. The Morgan fingerprint density at radius 3 is 2.05 bits per heavy atom. The molecule has 1 heterocycles. The molecule has 0 N–H and O–H groups in total. The van der Waals surface area contributed by atoms with Gasteiger partial charge in [-0.25, -0.2) is 0 Å². The van der Waals surface area contributed by atoms with Crippen LogP contribution in [0.5, 0.6) is 23.0 Å². The van der Waals surface area contributed by atoms with Crippen LogP contribution in [0.15, 0.2) is 30.0 Å². The predicted molar refractivity (Wildman–Crippen MR) is 93.9 cm³/mol. The zero-order valence-corrected chi connectivity index (χ0v) is 17.1. The van der Waals surface area contributed by atoms with Crippen molar-refractivity contribution >= 4 is 86.9 Å². The summed E-state index contributed by atoms with van der Waals surface area (Å²) < 4.78 is 14.5. The minimum absolute atomic E-state index is 0.502. The van der Waals surface area contributed by atoms with E-state index in [1.807, 2.05) is 0 Å². The average molecular weight is 569 g/mol. The highest BCUT2D eigenvalue weighted by molar-refractivity contribution is 9.13. The molecule has 0 aliphatic carbocycles. The van der Waals surface area contributed by atoms with Gasteiger partial charge in [-0.05, 0) is 69.8 Å². The first-order valence-corrected chi connectivity index (χ1v) is 9.03. The molecule has 0 spiro atoms. The van der Waals surface area contributed by atoms with Crippen molar-refractivity contribution in [3.63, 3.8) is 0 Å². The van der Waals surface area contributed by atoms with Gasteiger partial charge in [0.1, 0.15) is 0 Å². The maximum atomic E-state index is 6.12. The number of benzene rings is 2. The van der Waals surface area contributed by atoms with Gasteiger partial charge in [-0.15, -0.1) is 0 Å². The molecule has 0 unspecified atom stereocenters. The van der Waals surface area contributed by atoms with Crippen molar-refractivity contribution < 1.29 is 9.47 Å². The van der Waals surface area contributed by atoms with Crippen molar-refractivity contribution in [2.75, 3.05) is 0 Å². The van der Waals surface area contributed by atoms with Gasteiger partial charge >= 0.3 is 0 Å². The van der Waals surface area contributed by atoms with Crippen LogP contribution >= 0.6 is 86.9 Å². The lowest BCUT2D eigenvalue weighted by atomic mass is 10.2. The zero-order valence-electron chi connectivity index (χ0n) is 9.24. The fourth-order valence-electron chi connectivity index (χ4n) is 1.68. The second-order valence-corrected chi connectivity index (χ2v) is 7.88. The maximum Gasteiger partial charge on any atom is 0.187 e. The molecular formula is C12H2Br4Cl2O2. The van der Waals surface area contributed by atoms with Crippen molar-refractivity contribution in [1.82, 2.24) is 0 Å². The molecule has 20 heavy (non-hydrogen) atoms. The normalized spacial score (nSPS) is 12.3. The Balaban J connectivity index is 2.24. The first-order valence-electron chi connectivity index (χ1n) is 5.11. The Hall–Kier alpha value is 0.540. The minimum Gasteiger partial charge on any atom is -0.448 e. The summed E-state index contributed by atoms with van der Waals surface area (Å²) in [6.45, 7) is 0. The molecule has 0 radical (unpaired) electrons. The lowest BCUT2D eigenvalue weighted by Crippen LogP contribution is -2.02.